The van der Waals surface area contributed by atoms with E-state index in [0.717, 1.165) is 17.8 Å². The molecule has 0 aliphatic heterocycles. The number of rotatable bonds is 2. The molecule has 2 N–H and O–H groups in total. The number of nitrogens with zero attached hydrogens (tertiary/aromatic N) is 2. The van der Waals surface area contributed by atoms with Gasteiger partial charge >= 0.3 is 0 Å². The van der Waals surface area contributed by atoms with Gasteiger partial charge in [-0.25, -0.2) is 0 Å². The van der Waals surface area contributed by atoms with E-state index in [2.05, 4.69) is 31.8 Å². The third kappa shape index (κ3) is 1.55. The average Bonchev–Trinajstić information content (AvgIpc) is 2.87. The quantitative estimate of drug-likeness (QED) is 0.664. The first-order valence-electron chi connectivity index (χ1n) is 4.98. The Kier molecular flexibility index (Phi) is 2.11. The lowest BCUT2D eigenvalue weighted by atomic mass is 10.3. The molecule has 0 saturated carbocycles. The molecular formula is C11H10N4S. The minimum Gasteiger partial charge on any atom is -0.340 e. The summed E-state index contributed by atoms with van der Waals surface area (Å²) in [7, 11) is 0. The van der Waals surface area contributed by atoms with E-state index in [-0.39, 0.29) is 0 Å². The van der Waals surface area contributed by atoms with Crippen LogP contribution in [-0.2, 0) is 6.54 Å². The predicted molar refractivity (Wildman–Crippen MR) is 64.8 cm³/mol. The molecule has 0 radical (unpaired) electrons. The fourth-order valence-corrected chi connectivity index (χ4v) is 2.00. The van der Waals surface area contributed by atoms with E-state index >= 15 is 0 Å². The van der Waals surface area contributed by atoms with Crippen LogP contribution < -0.4 is 0 Å². The molecule has 0 unspecified atom stereocenters. The van der Waals surface area contributed by atoms with Crippen LogP contribution in [0.1, 0.15) is 5.69 Å². The zero-order valence-electron chi connectivity index (χ0n) is 8.47. The molecule has 3 aromatic rings. The van der Waals surface area contributed by atoms with Crippen molar-refractivity contribution in [2.24, 2.45) is 0 Å². The van der Waals surface area contributed by atoms with Gasteiger partial charge in [-0.3, -0.25) is 4.98 Å². The fraction of sp³-hybridized carbons (Fsp3) is 0.0909. The summed E-state index contributed by atoms with van der Waals surface area (Å²) >= 11 is 4.99. The van der Waals surface area contributed by atoms with Gasteiger partial charge in [-0.05, 0) is 24.4 Å². The van der Waals surface area contributed by atoms with Crippen molar-refractivity contribution in [1.82, 2.24) is 19.5 Å². The van der Waals surface area contributed by atoms with Crippen LogP contribution in [-0.4, -0.2) is 19.5 Å². The van der Waals surface area contributed by atoms with Gasteiger partial charge in [0.15, 0.2) is 4.77 Å². The van der Waals surface area contributed by atoms with E-state index < -0.39 is 0 Å². The number of H-pyrrole nitrogens is 2. The number of aromatic nitrogens is 4. The van der Waals surface area contributed by atoms with Crippen molar-refractivity contribution in [1.29, 1.82) is 0 Å². The number of hydrogen-bond acceptors (Lipinski definition) is 2. The fourth-order valence-electron chi connectivity index (χ4n) is 1.81. The standard InChI is InChI=1S/C11H10N4S/c16-11-13-5-9(14-11)7-15-4-2-8-1-3-12-6-10(8)15/h1-6H,7H2,(H2,13,14,16). The van der Waals surface area contributed by atoms with Crippen LogP contribution in [0.2, 0.25) is 0 Å². The molecule has 0 aromatic carbocycles. The maximum atomic E-state index is 4.99. The molecule has 80 valence electrons. The van der Waals surface area contributed by atoms with Gasteiger partial charge in [0, 0.05) is 24.0 Å². The molecular weight excluding hydrogens is 220 g/mol. The minimum absolute atomic E-state index is 0.657. The van der Waals surface area contributed by atoms with E-state index in [0.29, 0.717) is 4.77 Å². The number of aromatic amines is 2. The first-order valence-corrected chi connectivity index (χ1v) is 5.39. The summed E-state index contributed by atoms with van der Waals surface area (Å²) in [6, 6.07) is 4.09. The van der Waals surface area contributed by atoms with Crippen molar-refractivity contribution >= 4 is 23.1 Å². The summed E-state index contributed by atoms with van der Waals surface area (Å²) in [5, 5.41) is 1.20. The summed E-state index contributed by atoms with van der Waals surface area (Å²) in [5.41, 5.74) is 2.19. The lowest BCUT2D eigenvalue weighted by Gasteiger charge is -2.02. The Balaban J connectivity index is 2.03. The predicted octanol–water partition coefficient (Wildman–Crippen LogP) is 2.47. The number of hydrogen-bond donors (Lipinski definition) is 2. The van der Waals surface area contributed by atoms with Gasteiger partial charge in [-0.1, -0.05) is 0 Å². The van der Waals surface area contributed by atoms with Crippen molar-refractivity contribution in [3.05, 3.63) is 47.4 Å². The topological polar surface area (TPSA) is 49.4 Å². The van der Waals surface area contributed by atoms with Gasteiger partial charge in [0.1, 0.15) is 0 Å². The smallest absolute Gasteiger partial charge is 0.174 e. The van der Waals surface area contributed by atoms with Gasteiger partial charge in [0.2, 0.25) is 0 Å². The highest BCUT2D eigenvalue weighted by Crippen LogP contribution is 2.14. The maximum Gasteiger partial charge on any atom is 0.174 e. The van der Waals surface area contributed by atoms with Crippen molar-refractivity contribution in [3.8, 4) is 0 Å². The van der Waals surface area contributed by atoms with Gasteiger partial charge in [0.25, 0.3) is 0 Å². The molecule has 0 bridgehead atoms. The van der Waals surface area contributed by atoms with Gasteiger partial charge in [0.05, 0.1) is 24.0 Å². The molecule has 0 saturated heterocycles. The van der Waals surface area contributed by atoms with E-state index in [1.165, 1.54) is 5.39 Å². The zero-order chi connectivity index (χ0) is 11.0. The zero-order valence-corrected chi connectivity index (χ0v) is 9.29. The van der Waals surface area contributed by atoms with Crippen LogP contribution in [0.25, 0.3) is 10.9 Å². The Hall–Kier alpha value is -1.88. The summed E-state index contributed by atoms with van der Waals surface area (Å²) in [6.07, 6.45) is 7.62. The lowest BCUT2D eigenvalue weighted by Crippen LogP contribution is -1.97. The van der Waals surface area contributed by atoms with E-state index in [9.17, 15) is 0 Å². The SMILES string of the molecule is S=c1[nH]cc(Cn2ccc3ccncc32)[nH]1. The molecule has 0 spiro atoms. The van der Waals surface area contributed by atoms with Gasteiger partial charge < -0.3 is 14.5 Å². The third-order valence-corrected chi connectivity index (χ3v) is 2.79. The van der Waals surface area contributed by atoms with Crippen LogP contribution in [0.3, 0.4) is 0 Å². The Labute approximate surface area is 97.0 Å². The monoisotopic (exact) mass is 230 g/mol. The molecule has 0 aliphatic carbocycles. The maximum absolute atomic E-state index is 4.99. The Bertz CT molecular complexity index is 676. The van der Waals surface area contributed by atoms with Crippen LogP contribution in [0.15, 0.2) is 36.9 Å². The molecule has 5 heteroatoms. The summed E-state index contributed by atoms with van der Waals surface area (Å²) < 4.78 is 2.79. The molecule has 4 nitrogen and oxygen atoms in total. The van der Waals surface area contributed by atoms with Gasteiger partial charge in [-0.2, -0.15) is 0 Å². The molecule has 0 atom stereocenters. The van der Waals surface area contributed by atoms with Crippen LogP contribution in [0, 0.1) is 4.77 Å². The van der Waals surface area contributed by atoms with Crippen molar-refractivity contribution in [2.45, 2.75) is 6.54 Å². The van der Waals surface area contributed by atoms with Crippen molar-refractivity contribution in [2.75, 3.05) is 0 Å². The molecule has 3 heterocycles. The van der Waals surface area contributed by atoms with E-state index in [4.69, 9.17) is 12.2 Å². The lowest BCUT2D eigenvalue weighted by molar-refractivity contribution is 0.812. The van der Waals surface area contributed by atoms with Crippen LogP contribution in [0.4, 0.5) is 0 Å². The molecule has 0 amide bonds. The van der Waals surface area contributed by atoms with E-state index in [1.54, 1.807) is 6.20 Å². The second-order valence-corrected chi connectivity index (χ2v) is 4.05. The number of pyridine rings is 1. The highest BCUT2D eigenvalue weighted by Gasteiger charge is 2.01. The third-order valence-electron chi connectivity index (χ3n) is 2.57. The highest BCUT2D eigenvalue weighted by molar-refractivity contribution is 7.71. The minimum atomic E-state index is 0.657. The second-order valence-electron chi connectivity index (χ2n) is 3.65. The number of nitrogens with one attached hydrogen (secondary N) is 2. The normalized spacial score (nSPS) is 11.0. The first-order chi connectivity index (χ1) is 7.83. The summed E-state index contributed by atoms with van der Waals surface area (Å²) in [5.74, 6) is 0. The molecule has 0 fully saturated rings. The molecule has 3 rings (SSSR count). The van der Waals surface area contributed by atoms with Crippen LogP contribution >= 0.6 is 12.2 Å². The highest BCUT2D eigenvalue weighted by atomic mass is 32.1. The van der Waals surface area contributed by atoms with Crippen molar-refractivity contribution in [3.63, 3.8) is 0 Å². The molecule has 0 aliphatic rings. The first kappa shape index (κ1) is 9.35. The van der Waals surface area contributed by atoms with Gasteiger partial charge in [-0.15, -0.1) is 0 Å². The van der Waals surface area contributed by atoms with Crippen LogP contribution in [0.5, 0.6) is 0 Å². The Morgan fingerprint density at radius 3 is 3.12 bits per heavy atom. The average molecular weight is 230 g/mol. The largest absolute Gasteiger partial charge is 0.340 e. The molecule has 16 heavy (non-hydrogen) atoms. The Morgan fingerprint density at radius 2 is 2.31 bits per heavy atom. The second kappa shape index (κ2) is 3.61. The summed E-state index contributed by atoms with van der Waals surface area (Å²) in [6.45, 7) is 0.766. The number of imidazole rings is 1. The van der Waals surface area contributed by atoms with E-state index in [1.807, 2.05) is 18.5 Å². The number of fused-ring (bicyclic) bond motifs is 1. The summed E-state index contributed by atoms with van der Waals surface area (Å²) in [4.78, 5) is 10.2. The van der Waals surface area contributed by atoms with Crippen molar-refractivity contribution < 1.29 is 0 Å². The Morgan fingerprint density at radius 1 is 1.38 bits per heavy atom. The molecule has 3 aromatic heterocycles.